The van der Waals surface area contributed by atoms with E-state index in [0.29, 0.717) is 0 Å². The van der Waals surface area contributed by atoms with Gasteiger partial charge in [-0.25, -0.2) is 0 Å². The molecular weight excluding hydrogens is 492 g/mol. The van der Waals surface area contributed by atoms with Crippen LogP contribution in [0.15, 0.2) is 0 Å². The first-order chi connectivity index (χ1) is 14.6. The Balaban J connectivity index is -0.0000000421. The molecule has 12 heteroatoms. The highest BCUT2D eigenvalue weighted by atomic mass is 16.6. The molecule has 0 aliphatic rings. The fraction of sp³-hybridized carbons (Fsp3) is 0.760. The highest BCUT2D eigenvalue weighted by Crippen LogP contribution is 1.90. The van der Waals surface area contributed by atoms with Crippen molar-refractivity contribution in [3.8, 4) is 0 Å². The number of carbonyl (C=O) groups excluding carboxylic acids is 6. The fourth-order valence-electron chi connectivity index (χ4n) is 1.35. The van der Waals surface area contributed by atoms with E-state index in [0.717, 1.165) is 0 Å². The minimum absolute atomic E-state index is 0. The molecule has 12 nitrogen and oxygen atoms in total. The molecule has 0 spiro atoms. The molecule has 0 aliphatic heterocycles. The molecule has 0 aliphatic carbocycles. The quantitative estimate of drug-likeness (QED) is 0.213. The molecule has 0 rings (SSSR count). The highest BCUT2D eigenvalue weighted by molar-refractivity contribution is 5.92. The second kappa shape index (κ2) is 42.9. The molecule has 0 saturated heterocycles. The van der Waals surface area contributed by atoms with Gasteiger partial charge in [-0.2, -0.15) is 0 Å². The maximum Gasteiger partial charge on any atom is 0.317 e. The Morgan fingerprint density at radius 2 is 0.541 bits per heavy atom. The van der Waals surface area contributed by atoms with Crippen LogP contribution >= 0.6 is 0 Å². The normalized spacial score (nSPS) is 7.30. The van der Waals surface area contributed by atoms with Gasteiger partial charge < -0.3 is 28.4 Å². The summed E-state index contributed by atoms with van der Waals surface area (Å²) in [5.41, 5.74) is 0. The lowest BCUT2D eigenvalue weighted by Crippen LogP contribution is -2.13. The van der Waals surface area contributed by atoms with Gasteiger partial charge in [0.1, 0.15) is 19.3 Å². The molecule has 0 aromatic carbocycles. The second-order valence-corrected chi connectivity index (χ2v) is 4.90. The van der Waals surface area contributed by atoms with E-state index in [9.17, 15) is 28.8 Å². The lowest BCUT2D eigenvalue weighted by atomic mass is 10.4. The summed E-state index contributed by atoms with van der Waals surface area (Å²) in [7, 11) is 2.45. The molecular formula is C25H56O12. The third-order valence-electron chi connectivity index (χ3n) is 2.54. The van der Waals surface area contributed by atoms with Crippen molar-refractivity contribution in [1.29, 1.82) is 0 Å². The summed E-state index contributed by atoms with van der Waals surface area (Å²) < 4.78 is 26.4. The first-order valence-electron chi connectivity index (χ1n) is 9.37. The van der Waals surface area contributed by atoms with Crippen LogP contribution in [-0.2, 0) is 57.2 Å². The summed E-state index contributed by atoms with van der Waals surface area (Å²) in [5.74, 6) is -3.31. The van der Waals surface area contributed by atoms with E-state index in [2.05, 4.69) is 28.4 Å². The zero-order valence-corrected chi connectivity index (χ0v) is 18.8. The third kappa shape index (κ3) is 50.6. The minimum Gasteiger partial charge on any atom is -0.469 e. The topological polar surface area (TPSA) is 158 Å². The number of hydrogen-bond acceptors (Lipinski definition) is 12. The Morgan fingerprint density at radius 1 is 0.378 bits per heavy atom. The van der Waals surface area contributed by atoms with Crippen LogP contribution in [0.25, 0.3) is 0 Å². The monoisotopic (exact) mass is 548 g/mol. The van der Waals surface area contributed by atoms with E-state index < -0.39 is 35.8 Å². The van der Waals surface area contributed by atoms with E-state index in [1.54, 1.807) is 27.7 Å². The Kier molecular flexibility index (Phi) is 68.6. The summed E-state index contributed by atoms with van der Waals surface area (Å²) in [6, 6.07) is 0. The van der Waals surface area contributed by atoms with Gasteiger partial charge in [-0.1, -0.05) is 44.6 Å². The predicted octanol–water partition coefficient (Wildman–Crippen LogP) is 4.54. The van der Waals surface area contributed by atoms with Crippen molar-refractivity contribution in [2.75, 3.05) is 40.6 Å². The van der Waals surface area contributed by atoms with Gasteiger partial charge in [-0.05, 0) is 27.7 Å². The van der Waals surface area contributed by atoms with Crippen LogP contribution in [0.3, 0.4) is 0 Å². The molecule has 0 amide bonds. The lowest BCUT2D eigenvalue weighted by molar-refractivity contribution is -0.155. The molecule has 0 bridgehead atoms. The molecule has 0 unspecified atom stereocenters. The first-order valence-corrected chi connectivity index (χ1v) is 9.37. The summed E-state index contributed by atoms with van der Waals surface area (Å²) in [5, 5.41) is 0. The van der Waals surface area contributed by atoms with E-state index in [-0.39, 0.29) is 90.2 Å². The Bertz CT molecular complexity index is 512. The Hall–Kier alpha value is -3.18. The van der Waals surface area contributed by atoms with E-state index in [1.807, 2.05) is 0 Å². The first kappa shape index (κ1) is 59.1. The smallest absolute Gasteiger partial charge is 0.317 e. The minimum atomic E-state index is -0.571. The van der Waals surface area contributed by atoms with Crippen molar-refractivity contribution in [2.24, 2.45) is 0 Å². The number of esters is 6. The molecule has 0 N–H and O–H groups in total. The van der Waals surface area contributed by atoms with Crippen molar-refractivity contribution < 1.29 is 57.2 Å². The number of hydrogen-bond donors (Lipinski definition) is 0. The molecule has 0 atom stereocenters. The fourth-order valence-corrected chi connectivity index (χ4v) is 1.35. The predicted molar refractivity (Wildman–Crippen MR) is 145 cm³/mol. The molecule has 228 valence electrons. The summed E-state index contributed by atoms with van der Waals surface area (Å²) in [6.45, 7) is 7.87. The number of methoxy groups -OCH3 is 2. The summed E-state index contributed by atoms with van der Waals surface area (Å²) in [6.07, 6.45) is -0.893. The molecule has 0 aromatic rings. The van der Waals surface area contributed by atoms with Crippen LogP contribution in [0.2, 0.25) is 0 Å². The second-order valence-electron chi connectivity index (χ2n) is 4.90. The molecule has 0 radical (unpaired) electrons. The summed E-state index contributed by atoms with van der Waals surface area (Å²) >= 11 is 0. The van der Waals surface area contributed by atoms with Crippen molar-refractivity contribution in [3.05, 3.63) is 0 Å². The van der Waals surface area contributed by atoms with Gasteiger partial charge >= 0.3 is 35.8 Å². The zero-order chi connectivity index (χ0) is 24.7. The highest BCUT2D eigenvalue weighted by Gasteiger charge is 2.10. The van der Waals surface area contributed by atoms with Crippen LogP contribution in [-0.4, -0.2) is 76.5 Å². The lowest BCUT2D eigenvalue weighted by Gasteiger charge is -2.00. The number of ether oxygens (including phenoxy) is 6. The van der Waals surface area contributed by atoms with Gasteiger partial charge in [0.15, 0.2) is 0 Å². The van der Waals surface area contributed by atoms with Gasteiger partial charge in [-0.3, -0.25) is 28.8 Å². The number of carbonyl (C=O) groups is 6. The van der Waals surface area contributed by atoms with Gasteiger partial charge in [0.05, 0.1) is 40.6 Å². The zero-order valence-electron chi connectivity index (χ0n) is 18.8. The van der Waals surface area contributed by atoms with Gasteiger partial charge in [0, 0.05) is 0 Å². The number of rotatable bonds is 10. The Morgan fingerprint density at radius 3 is 0.676 bits per heavy atom. The Labute approximate surface area is 225 Å². The van der Waals surface area contributed by atoms with Crippen molar-refractivity contribution >= 4 is 35.8 Å². The van der Waals surface area contributed by atoms with Crippen LogP contribution in [0.5, 0.6) is 0 Å². The average Bonchev–Trinajstić information content (AvgIpc) is 2.69. The summed E-state index contributed by atoms with van der Waals surface area (Å²) in [4.78, 5) is 62.9. The molecule has 0 fully saturated rings. The van der Waals surface area contributed by atoms with Crippen molar-refractivity contribution in [1.82, 2.24) is 0 Å². The van der Waals surface area contributed by atoms with Crippen LogP contribution in [0.1, 0.15) is 91.5 Å². The standard InChI is InChI=1S/C7H12O4.2C6H10O4.6CH4/c1-3-10-6(8)5-7(9)11-4-2;2*1-3-10-6(8)4-5(7)9-2;;;;;;/h3-5H2,1-2H3;2*3-4H2,1-2H3;6*1H4. The molecule has 37 heavy (non-hydrogen) atoms. The molecule has 0 heterocycles. The van der Waals surface area contributed by atoms with Gasteiger partial charge in [0.2, 0.25) is 0 Å². The van der Waals surface area contributed by atoms with Gasteiger partial charge in [0.25, 0.3) is 0 Å². The van der Waals surface area contributed by atoms with Crippen LogP contribution in [0, 0.1) is 0 Å². The van der Waals surface area contributed by atoms with E-state index in [4.69, 9.17) is 0 Å². The SMILES string of the molecule is C.C.C.C.C.C.CCOC(=O)CC(=O)OC.CCOC(=O)CC(=O)OC.CCOC(=O)CC(=O)OCC. The maximum absolute atomic E-state index is 10.6. The molecule has 0 saturated carbocycles. The van der Waals surface area contributed by atoms with Crippen LogP contribution < -0.4 is 0 Å². The average molecular weight is 549 g/mol. The van der Waals surface area contributed by atoms with Gasteiger partial charge in [-0.15, -0.1) is 0 Å². The largest absolute Gasteiger partial charge is 0.469 e. The van der Waals surface area contributed by atoms with E-state index in [1.165, 1.54) is 14.2 Å². The van der Waals surface area contributed by atoms with Crippen molar-refractivity contribution in [2.45, 2.75) is 91.5 Å². The maximum atomic E-state index is 10.6. The van der Waals surface area contributed by atoms with E-state index >= 15 is 0 Å². The van der Waals surface area contributed by atoms with Crippen molar-refractivity contribution in [3.63, 3.8) is 0 Å². The molecule has 0 aromatic heterocycles. The third-order valence-corrected chi connectivity index (χ3v) is 2.54. The van der Waals surface area contributed by atoms with Crippen LogP contribution in [0.4, 0.5) is 0 Å².